The topological polar surface area (TPSA) is 48.5 Å². The van der Waals surface area contributed by atoms with Crippen LogP contribution in [-0.4, -0.2) is 48.5 Å². The number of hydrogen-bond donors (Lipinski definition) is 1. The molecule has 1 saturated heterocycles. The van der Waals surface area contributed by atoms with Crippen molar-refractivity contribution in [1.82, 2.24) is 15.2 Å². The van der Waals surface area contributed by atoms with E-state index in [0.29, 0.717) is 0 Å². The Morgan fingerprint density at radius 2 is 2.10 bits per heavy atom. The van der Waals surface area contributed by atoms with E-state index in [4.69, 9.17) is 0 Å². The summed E-state index contributed by atoms with van der Waals surface area (Å²) < 4.78 is 0. The zero-order valence-electron chi connectivity index (χ0n) is 12.6. The van der Waals surface area contributed by atoms with Crippen LogP contribution in [0.5, 0.6) is 0 Å². The lowest BCUT2D eigenvalue weighted by Crippen LogP contribution is -2.48. The van der Waals surface area contributed by atoms with Crippen molar-refractivity contribution >= 4 is 11.7 Å². The van der Waals surface area contributed by atoms with Gasteiger partial charge in [-0.25, -0.2) is 4.98 Å². The molecule has 1 aromatic heterocycles. The molecule has 0 bridgehead atoms. The highest BCUT2D eigenvalue weighted by atomic mass is 16.2. The predicted molar refractivity (Wildman–Crippen MR) is 80.8 cm³/mol. The quantitative estimate of drug-likeness (QED) is 0.903. The summed E-state index contributed by atoms with van der Waals surface area (Å²) in [5, 5.41) is 3.44. The fraction of sp³-hybridized carbons (Fsp3) is 0.600. The number of piperazine rings is 1. The maximum absolute atomic E-state index is 11.4. The SMILES string of the molecule is CCNC(C)c1cccnc1N1CCN(C(C)=O)CC1. The van der Waals surface area contributed by atoms with Gasteiger partial charge in [-0.05, 0) is 19.5 Å². The highest BCUT2D eigenvalue weighted by Gasteiger charge is 2.22. The third-order valence-electron chi connectivity index (χ3n) is 3.82. The molecule has 1 aliphatic heterocycles. The number of pyridine rings is 1. The van der Waals surface area contributed by atoms with E-state index in [1.807, 2.05) is 17.2 Å². The second-order valence-electron chi connectivity index (χ2n) is 5.19. The number of anilines is 1. The van der Waals surface area contributed by atoms with Crippen LogP contribution in [0.1, 0.15) is 32.4 Å². The average molecular weight is 276 g/mol. The molecule has 20 heavy (non-hydrogen) atoms. The molecule has 0 aromatic carbocycles. The minimum atomic E-state index is 0.159. The smallest absolute Gasteiger partial charge is 0.219 e. The van der Waals surface area contributed by atoms with Crippen LogP contribution in [0.3, 0.4) is 0 Å². The lowest BCUT2D eigenvalue weighted by molar-refractivity contribution is -0.129. The third kappa shape index (κ3) is 3.28. The van der Waals surface area contributed by atoms with Crippen molar-refractivity contribution < 1.29 is 4.79 Å². The maximum Gasteiger partial charge on any atom is 0.219 e. The van der Waals surface area contributed by atoms with E-state index >= 15 is 0 Å². The molecule has 2 rings (SSSR count). The molecule has 1 unspecified atom stereocenters. The van der Waals surface area contributed by atoms with Gasteiger partial charge in [-0.15, -0.1) is 0 Å². The van der Waals surface area contributed by atoms with Crippen LogP contribution in [0.2, 0.25) is 0 Å². The molecule has 0 aliphatic carbocycles. The van der Waals surface area contributed by atoms with Gasteiger partial charge in [-0.1, -0.05) is 13.0 Å². The Labute approximate surface area is 121 Å². The first-order valence-electron chi connectivity index (χ1n) is 7.32. The Morgan fingerprint density at radius 3 is 2.70 bits per heavy atom. The second kappa shape index (κ2) is 6.70. The fourth-order valence-corrected chi connectivity index (χ4v) is 2.66. The van der Waals surface area contributed by atoms with Crippen LogP contribution >= 0.6 is 0 Å². The van der Waals surface area contributed by atoms with Crippen LogP contribution in [0.25, 0.3) is 0 Å². The van der Waals surface area contributed by atoms with Gasteiger partial charge in [0.1, 0.15) is 5.82 Å². The van der Waals surface area contributed by atoms with E-state index in [-0.39, 0.29) is 11.9 Å². The average Bonchev–Trinajstić information content (AvgIpc) is 2.47. The summed E-state index contributed by atoms with van der Waals surface area (Å²) in [6, 6.07) is 4.40. The zero-order chi connectivity index (χ0) is 14.5. The van der Waals surface area contributed by atoms with Crippen molar-refractivity contribution in [3.05, 3.63) is 23.9 Å². The number of amides is 1. The number of aromatic nitrogens is 1. The zero-order valence-corrected chi connectivity index (χ0v) is 12.6. The molecule has 0 spiro atoms. The fourth-order valence-electron chi connectivity index (χ4n) is 2.66. The number of hydrogen-bond acceptors (Lipinski definition) is 4. The first-order valence-corrected chi connectivity index (χ1v) is 7.32. The molecule has 5 nitrogen and oxygen atoms in total. The Morgan fingerprint density at radius 1 is 1.40 bits per heavy atom. The number of carbonyl (C=O) groups excluding carboxylic acids is 1. The summed E-state index contributed by atoms with van der Waals surface area (Å²) in [4.78, 5) is 20.1. The third-order valence-corrected chi connectivity index (χ3v) is 3.82. The molecular weight excluding hydrogens is 252 g/mol. The van der Waals surface area contributed by atoms with E-state index in [1.54, 1.807) is 6.92 Å². The normalized spacial score (nSPS) is 17.1. The monoisotopic (exact) mass is 276 g/mol. The summed E-state index contributed by atoms with van der Waals surface area (Å²) in [5.74, 6) is 1.20. The van der Waals surface area contributed by atoms with Gasteiger partial charge in [0.05, 0.1) is 0 Å². The molecule has 1 aromatic rings. The Hall–Kier alpha value is -1.62. The molecule has 1 fully saturated rings. The highest BCUT2D eigenvalue weighted by molar-refractivity contribution is 5.73. The first kappa shape index (κ1) is 14.8. The van der Waals surface area contributed by atoms with Gasteiger partial charge in [0.25, 0.3) is 0 Å². The van der Waals surface area contributed by atoms with E-state index in [0.717, 1.165) is 38.5 Å². The van der Waals surface area contributed by atoms with Gasteiger partial charge < -0.3 is 15.1 Å². The first-order chi connectivity index (χ1) is 9.63. The van der Waals surface area contributed by atoms with E-state index in [1.165, 1.54) is 5.56 Å². The molecular formula is C15H24N4O. The van der Waals surface area contributed by atoms with Crippen molar-refractivity contribution in [2.45, 2.75) is 26.8 Å². The van der Waals surface area contributed by atoms with Crippen LogP contribution in [-0.2, 0) is 4.79 Å². The van der Waals surface area contributed by atoms with Crippen molar-refractivity contribution in [1.29, 1.82) is 0 Å². The number of nitrogens with one attached hydrogen (secondary N) is 1. The standard InChI is InChI=1S/C15H24N4O/c1-4-16-12(2)14-6-5-7-17-15(14)19-10-8-18(9-11-19)13(3)20/h5-7,12,16H,4,8-11H2,1-3H3. The number of nitrogens with zero attached hydrogens (tertiary/aromatic N) is 3. The van der Waals surface area contributed by atoms with Crippen LogP contribution in [0.15, 0.2) is 18.3 Å². The summed E-state index contributed by atoms with van der Waals surface area (Å²) in [5.41, 5.74) is 1.23. The molecule has 1 atom stereocenters. The lowest BCUT2D eigenvalue weighted by atomic mass is 10.1. The van der Waals surface area contributed by atoms with Crippen LogP contribution in [0, 0.1) is 0 Å². The van der Waals surface area contributed by atoms with Crippen molar-refractivity contribution in [2.24, 2.45) is 0 Å². The summed E-state index contributed by atoms with van der Waals surface area (Å²) in [6.45, 7) is 10.1. The summed E-state index contributed by atoms with van der Waals surface area (Å²) in [6.07, 6.45) is 1.84. The van der Waals surface area contributed by atoms with Gasteiger partial charge in [0.15, 0.2) is 0 Å². The van der Waals surface area contributed by atoms with E-state index < -0.39 is 0 Å². The van der Waals surface area contributed by atoms with Gasteiger partial charge in [0.2, 0.25) is 5.91 Å². The predicted octanol–water partition coefficient (Wildman–Crippen LogP) is 1.42. The lowest BCUT2D eigenvalue weighted by Gasteiger charge is -2.36. The molecule has 1 amide bonds. The minimum absolute atomic E-state index is 0.159. The molecule has 0 radical (unpaired) electrons. The minimum Gasteiger partial charge on any atom is -0.353 e. The van der Waals surface area contributed by atoms with Gasteiger partial charge in [-0.3, -0.25) is 4.79 Å². The van der Waals surface area contributed by atoms with Crippen molar-refractivity contribution in [2.75, 3.05) is 37.6 Å². The van der Waals surface area contributed by atoms with E-state index in [2.05, 4.69) is 35.1 Å². The Balaban J connectivity index is 2.11. The van der Waals surface area contributed by atoms with Crippen molar-refractivity contribution in [3.8, 4) is 0 Å². The number of carbonyl (C=O) groups is 1. The molecule has 1 aliphatic rings. The van der Waals surface area contributed by atoms with Gasteiger partial charge in [-0.2, -0.15) is 0 Å². The van der Waals surface area contributed by atoms with Gasteiger partial charge in [0, 0.05) is 50.9 Å². The van der Waals surface area contributed by atoms with Crippen LogP contribution < -0.4 is 10.2 Å². The largest absolute Gasteiger partial charge is 0.353 e. The Bertz CT molecular complexity index is 455. The van der Waals surface area contributed by atoms with Gasteiger partial charge >= 0.3 is 0 Å². The highest BCUT2D eigenvalue weighted by Crippen LogP contribution is 2.24. The molecule has 2 heterocycles. The molecule has 110 valence electrons. The maximum atomic E-state index is 11.4. The molecule has 1 N–H and O–H groups in total. The second-order valence-corrected chi connectivity index (χ2v) is 5.19. The molecule has 5 heteroatoms. The molecule has 0 saturated carbocycles. The summed E-state index contributed by atoms with van der Waals surface area (Å²) >= 11 is 0. The van der Waals surface area contributed by atoms with Crippen LogP contribution in [0.4, 0.5) is 5.82 Å². The summed E-state index contributed by atoms with van der Waals surface area (Å²) in [7, 11) is 0. The Kier molecular flexibility index (Phi) is 4.95. The van der Waals surface area contributed by atoms with Crippen molar-refractivity contribution in [3.63, 3.8) is 0 Å². The van der Waals surface area contributed by atoms with E-state index in [9.17, 15) is 4.79 Å². The number of rotatable bonds is 4.